The van der Waals surface area contributed by atoms with Crippen LogP contribution in [0.1, 0.15) is 13.8 Å². The standard InChI is InChI=1S/C22H24N6O/c1-15(2)13-23-22-26-20(25-16-8-7-11-18(12-16)29-3)19-14-24-28(21(19)27-22)17-9-5-4-6-10-17/h4-12,14-15H,13H2,1-3H3,(H2,23,25,26,27). The average molecular weight is 388 g/mol. The van der Waals surface area contributed by atoms with Crippen molar-refractivity contribution in [3.8, 4) is 11.4 Å². The first-order valence-electron chi connectivity index (χ1n) is 9.60. The maximum atomic E-state index is 5.33. The molecule has 7 heteroatoms. The van der Waals surface area contributed by atoms with Crippen molar-refractivity contribution >= 4 is 28.5 Å². The molecule has 2 heterocycles. The van der Waals surface area contributed by atoms with E-state index in [1.165, 1.54) is 0 Å². The fourth-order valence-electron chi connectivity index (χ4n) is 2.97. The fourth-order valence-corrected chi connectivity index (χ4v) is 2.97. The van der Waals surface area contributed by atoms with Gasteiger partial charge in [0.05, 0.1) is 24.4 Å². The molecule has 29 heavy (non-hydrogen) atoms. The topological polar surface area (TPSA) is 76.9 Å². The number of hydrogen-bond acceptors (Lipinski definition) is 6. The largest absolute Gasteiger partial charge is 0.497 e. The Kier molecular flexibility index (Phi) is 5.29. The van der Waals surface area contributed by atoms with E-state index in [9.17, 15) is 0 Å². The van der Waals surface area contributed by atoms with Gasteiger partial charge >= 0.3 is 0 Å². The zero-order chi connectivity index (χ0) is 20.2. The van der Waals surface area contributed by atoms with E-state index in [0.717, 1.165) is 34.7 Å². The zero-order valence-electron chi connectivity index (χ0n) is 16.8. The first kappa shape index (κ1) is 18.7. The van der Waals surface area contributed by atoms with Crippen LogP contribution in [-0.4, -0.2) is 33.4 Å². The van der Waals surface area contributed by atoms with Gasteiger partial charge in [0.1, 0.15) is 11.6 Å². The number of fused-ring (bicyclic) bond motifs is 1. The molecule has 2 aromatic heterocycles. The van der Waals surface area contributed by atoms with E-state index in [2.05, 4.69) is 29.6 Å². The maximum Gasteiger partial charge on any atom is 0.226 e. The lowest BCUT2D eigenvalue weighted by molar-refractivity contribution is 0.415. The molecular weight excluding hydrogens is 364 g/mol. The summed E-state index contributed by atoms with van der Waals surface area (Å²) in [7, 11) is 1.65. The number of nitrogens with one attached hydrogen (secondary N) is 2. The van der Waals surface area contributed by atoms with Crippen molar-refractivity contribution in [3.63, 3.8) is 0 Å². The summed E-state index contributed by atoms with van der Waals surface area (Å²) in [6, 6.07) is 17.7. The van der Waals surface area contributed by atoms with E-state index in [1.54, 1.807) is 13.3 Å². The minimum absolute atomic E-state index is 0.475. The quantitative estimate of drug-likeness (QED) is 0.480. The van der Waals surface area contributed by atoms with Gasteiger partial charge in [0, 0.05) is 18.3 Å². The highest BCUT2D eigenvalue weighted by molar-refractivity contribution is 5.90. The highest BCUT2D eigenvalue weighted by Gasteiger charge is 2.15. The number of benzene rings is 2. The van der Waals surface area contributed by atoms with E-state index in [-0.39, 0.29) is 0 Å². The van der Waals surface area contributed by atoms with Gasteiger partial charge in [-0.05, 0) is 30.2 Å². The Morgan fingerprint density at radius 1 is 1.03 bits per heavy atom. The summed E-state index contributed by atoms with van der Waals surface area (Å²) in [4.78, 5) is 9.44. The smallest absolute Gasteiger partial charge is 0.226 e. The van der Waals surface area contributed by atoms with E-state index < -0.39 is 0 Å². The summed E-state index contributed by atoms with van der Waals surface area (Å²) in [5.74, 6) is 2.51. The molecule has 0 fully saturated rings. The minimum atomic E-state index is 0.475. The maximum absolute atomic E-state index is 5.33. The minimum Gasteiger partial charge on any atom is -0.497 e. The molecule has 0 saturated carbocycles. The number of methoxy groups -OCH3 is 1. The van der Waals surface area contributed by atoms with Crippen molar-refractivity contribution in [3.05, 3.63) is 60.8 Å². The van der Waals surface area contributed by atoms with Gasteiger partial charge in [-0.25, -0.2) is 4.68 Å². The second-order valence-corrected chi connectivity index (χ2v) is 7.16. The van der Waals surface area contributed by atoms with Crippen molar-refractivity contribution in [2.75, 3.05) is 24.3 Å². The third-order valence-electron chi connectivity index (χ3n) is 4.43. The van der Waals surface area contributed by atoms with Crippen LogP contribution in [0.2, 0.25) is 0 Å². The molecule has 4 rings (SSSR count). The van der Waals surface area contributed by atoms with E-state index in [4.69, 9.17) is 14.7 Å². The molecular formula is C22H24N6O. The number of aromatic nitrogens is 4. The van der Waals surface area contributed by atoms with Gasteiger partial charge in [-0.2, -0.15) is 15.1 Å². The molecule has 0 aliphatic heterocycles. The molecule has 7 nitrogen and oxygen atoms in total. The van der Waals surface area contributed by atoms with Crippen LogP contribution in [-0.2, 0) is 0 Å². The molecule has 0 radical (unpaired) electrons. The van der Waals surface area contributed by atoms with Crippen LogP contribution >= 0.6 is 0 Å². The van der Waals surface area contributed by atoms with Crippen LogP contribution in [0.25, 0.3) is 16.7 Å². The number of para-hydroxylation sites is 1. The number of hydrogen-bond donors (Lipinski definition) is 2. The number of nitrogens with zero attached hydrogens (tertiary/aromatic N) is 4. The summed E-state index contributed by atoms with van der Waals surface area (Å²) in [6.45, 7) is 5.08. The van der Waals surface area contributed by atoms with E-state index in [0.29, 0.717) is 17.7 Å². The van der Waals surface area contributed by atoms with Gasteiger partial charge in [0.2, 0.25) is 5.95 Å². The second-order valence-electron chi connectivity index (χ2n) is 7.16. The van der Waals surface area contributed by atoms with Gasteiger partial charge in [-0.3, -0.25) is 0 Å². The molecule has 0 aliphatic rings. The fraction of sp³-hybridized carbons (Fsp3) is 0.227. The second kappa shape index (κ2) is 8.18. The first-order chi connectivity index (χ1) is 14.1. The molecule has 0 saturated heterocycles. The number of ether oxygens (including phenoxy) is 1. The van der Waals surface area contributed by atoms with Crippen molar-refractivity contribution in [2.24, 2.45) is 5.92 Å². The van der Waals surface area contributed by atoms with E-state index >= 15 is 0 Å². The molecule has 4 aromatic rings. The van der Waals surface area contributed by atoms with Crippen LogP contribution in [0.5, 0.6) is 5.75 Å². The molecule has 0 atom stereocenters. The van der Waals surface area contributed by atoms with Crippen LogP contribution in [0.15, 0.2) is 60.8 Å². The highest BCUT2D eigenvalue weighted by Crippen LogP contribution is 2.28. The number of rotatable bonds is 7. The molecule has 148 valence electrons. The Morgan fingerprint density at radius 2 is 1.86 bits per heavy atom. The van der Waals surface area contributed by atoms with Crippen LogP contribution < -0.4 is 15.4 Å². The van der Waals surface area contributed by atoms with E-state index in [1.807, 2.05) is 59.3 Å². The Labute approximate surface area is 169 Å². The molecule has 0 aliphatic carbocycles. The lowest BCUT2D eigenvalue weighted by Crippen LogP contribution is -2.12. The Morgan fingerprint density at radius 3 is 2.62 bits per heavy atom. The van der Waals surface area contributed by atoms with Gasteiger partial charge in [-0.1, -0.05) is 38.1 Å². The molecule has 0 unspecified atom stereocenters. The van der Waals surface area contributed by atoms with Crippen LogP contribution in [0.3, 0.4) is 0 Å². The summed E-state index contributed by atoms with van der Waals surface area (Å²) >= 11 is 0. The number of anilines is 3. The van der Waals surface area contributed by atoms with Crippen LogP contribution in [0.4, 0.5) is 17.5 Å². The Bertz CT molecular complexity index is 1110. The van der Waals surface area contributed by atoms with Crippen molar-refractivity contribution < 1.29 is 4.74 Å². The van der Waals surface area contributed by atoms with Gasteiger partial charge < -0.3 is 15.4 Å². The lowest BCUT2D eigenvalue weighted by atomic mass is 10.2. The average Bonchev–Trinajstić information content (AvgIpc) is 3.17. The molecule has 0 bridgehead atoms. The Balaban J connectivity index is 1.80. The first-order valence-corrected chi connectivity index (χ1v) is 9.60. The van der Waals surface area contributed by atoms with Crippen molar-refractivity contribution in [1.82, 2.24) is 19.7 Å². The SMILES string of the molecule is COc1cccc(Nc2nc(NCC(C)C)nc3c2cnn3-c2ccccc2)c1. The summed E-state index contributed by atoms with van der Waals surface area (Å²) in [5, 5.41) is 12.1. The molecule has 0 spiro atoms. The van der Waals surface area contributed by atoms with Crippen molar-refractivity contribution in [1.29, 1.82) is 0 Å². The van der Waals surface area contributed by atoms with Gasteiger partial charge in [-0.15, -0.1) is 0 Å². The molecule has 0 amide bonds. The summed E-state index contributed by atoms with van der Waals surface area (Å²) in [5.41, 5.74) is 2.57. The summed E-state index contributed by atoms with van der Waals surface area (Å²) in [6.07, 6.45) is 1.79. The van der Waals surface area contributed by atoms with Gasteiger partial charge in [0.15, 0.2) is 5.65 Å². The normalized spacial score (nSPS) is 11.0. The predicted octanol–water partition coefficient (Wildman–Crippen LogP) is 4.64. The monoisotopic (exact) mass is 388 g/mol. The predicted molar refractivity (Wildman–Crippen MR) is 116 cm³/mol. The third kappa shape index (κ3) is 4.13. The third-order valence-corrected chi connectivity index (χ3v) is 4.43. The van der Waals surface area contributed by atoms with Crippen molar-refractivity contribution in [2.45, 2.75) is 13.8 Å². The summed E-state index contributed by atoms with van der Waals surface area (Å²) < 4.78 is 7.16. The van der Waals surface area contributed by atoms with Crippen LogP contribution in [0, 0.1) is 5.92 Å². The lowest BCUT2D eigenvalue weighted by Gasteiger charge is -2.12. The Hall–Kier alpha value is -3.61. The highest BCUT2D eigenvalue weighted by atomic mass is 16.5. The van der Waals surface area contributed by atoms with Gasteiger partial charge in [0.25, 0.3) is 0 Å². The molecule has 2 aromatic carbocycles. The zero-order valence-corrected chi connectivity index (χ0v) is 16.8. The molecule has 2 N–H and O–H groups in total.